The summed E-state index contributed by atoms with van der Waals surface area (Å²) in [7, 11) is 0. The quantitative estimate of drug-likeness (QED) is 0.106. The molecule has 3 saturated carbocycles. The molecule has 320 valence electrons. The van der Waals surface area contributed by atoms with Crippen molar-refractivity contribution in [3.05, 3.63) is 65.7 Å². The van der Waals surface area contributed by atoms with Gasteiger partial charge in [0.05, 0.1) is 35.6 Å². The van der Waals surface area contributed by atoms with Gasteiger partial charge >= 0.3 is 17.9 Å². The van der Waals surface area contributed by atoms with E-state index in [1.807, 2.05) is 20.8 Å². The Hall–Kier alpha value is -4.70. The molecule has 4 aliphatic rings. The number of ketones is 2. The first kappa shape index (κ1) is 43.9. The van der Waals surface area contributed by atoms with Crippen LogP contribution in [0, 0.1) is 34.0 Å². The summed E-state index contributed by atoms with van der Waals surface area (Å²) in [5.41, 5.74) is -1.52. The molecule has 59 heavy (non-hydrogen) atoms. The maximum absolute atomic E-state index is 14.9. The van der Waals surface area contributed by atoms with Crippen LogP contribution in [0.1, 0.15) is 96.6 Å². The molecule has 1 aliphatic heterocycles. The number of nitrogens with two attached hydrogens (primary N) is 1. The minimum absolute atomic E-state index is 0.0540. The summed E-state index contributed by atoms with van der Waals surface area (Å²) < 4.78 is 24.2. The van der Waals surface area contributed by atoms with Crippen LogP contribution in [0.4, 0.5) is 5.69 Å². The van der Waals surface area contributed by atoms with Gasteiger partial charge < -0.3 is 45.3 Å². The number of nitrogens with one attached hydrogen (secondary N) is 1. The summed E-state index contributed by atoms with van der Waals surface area (Å²) in [6.07, 6.45) is -8.44. The minimum Gasteiger partial charge on any atom is -0.460 e. The number of benzene rings is 2. The lowest BCUT2D eigenvalue weighted by molar-refractivity contribution is -0.350. The number of amides is 1. The van der Waals surface area contributed by atoms with Crippen LogP contribution in [0.2, 0.25) is 0 Å². The molecule has 2 aromatic carbocycles. The third-order valence-electron chi connectivity index (χ3n) is 13.3. The van der Waals surface area contributed by atoms with Crippen molar-refractivity contribution in [2.45, 2.75) is 122 Å². The number of aliphatic hydroxyl groups excluding tert-OH is 2. The lowest BCUT2D eigenvalue weighted by Gasteiger charge is -2.67. The van der Waals surface area contributed by atoms with E-state index < -0.39 is 124 Å². The van der Waals surface area contributed by atoms with Gasteiger partial charge in [-0.3, -0.25) is 19.2 Å². The Bertz CT molecular complexity index is 2000. The van der Waals surface area contributed by atoms with E-state index in [9.17, 15) is 44.1 Å². The fraction of sp³-hybridized carbons (Fsp3) is 0.591. The fourth-order valence-corrected chi connectivity index (χ4v) is 10.2. The lowest BCUT2D eigenvalue weighted by atomic mass is 9.42. The average Bonchev–Trinajstić information content (AvgIpc) is 3.15. The van der Waals surface area contributed by atoms with Crippen LogP contribution in [-0.2, 0) is 42.9 Å². The predicted octanol–water partition coefficient (Wildman–Crippen LogP) is 3.01. The van der Waals surface area contributed by atoms with E-state index in [1.165, 1.54) is 19.1 Å². The Balaban J connectivity index is 1.46. The van der Waals surface area contributed by atoms with Crippen molar-refractivity contribution in [3.8, 4) is 0 Å². The Morgan fingerprint density at radius 2 is 1.63 bits per heavy atom. The monoisotopic (exact) mass is 820 g/mol. The van der Waals surface area contributed by atoms with Crippen LogP contribution in [0.25, 0.3) is 0 Å². The second kappa shape index (κ2) is 15.4. The van der Waals surface area contributed by atoms with Gasteiger partial charge in [-0.15, -0.1) is 0 Å². The van der Waals surface area contributed by atoms with Gasteiger partial charge in [-0.2, -0.15) is 0 Å². The van der Waals surface area contributed by atoms with E-state index in [4.69, 9.17) is 24.7 Å². The highest BCUT2D eigenvalue weighted by Crippen LogP contribution is 2.64. The van der Waals surface area contributed by atoms with Crippen molar-refractivity contribution in [2.24, 2.45) is 34.0 Å². The first-order valence-corrected chi connectivity index (χ1v) is 20.0. The zero-order valence-electron chi connectivity index (χ0n) is 34.7. The third kappa shape index (κ3) is 7.44. The van der Waals surface area contributed by atoms with Crippen LogP contribution < -0.4 is 11.1 Å². The van der Waals surface area contributed by atoms with Crippen LogP contribution in [0.15, 0.2) is 54.6 Å². The van der Waals surface area contributed by atoms with Crippen LogP contribution >= 0.6 is 0 Å². The highest BCUT2D eigenvalue weighted by molar-refractivity contribution is 6.40. The van der Waals surface area contributed by atoms with Crippen LogP contribution in [0.3, 0.4) is 0 Å². The van der Waals surface area contributed by atoms with Gasteiger partial charge in [0.15, 0.2) is 11.7 Å². The smallest absolute Gasteiger partial charge is 0.338 e. The van der Waals surface area contributed by atoms with Crippen LogP contribution in [0.5, 0.6) is 0 Å². The first-order valence-electron chi connectivity index (χ1n) is 20.0. The average molecular weight is 821 g/mol. The molecule has 0 spiro atoms. The third-order valence-corrected chi connectivity index (χ3v) is 13.3. The molecule has 2 aromatic rings. The normalized spacial score (nSPS) is 34.6. The summed E-state index contributed by atoms with van der Waals surface area (Å²) in [5.74, 6) is -9.34. The van der Waals surface area contributed by atoms with Crippen molar-refractivity contribution in [1.29, 1.82) is 0 Å². The molecule has 4 fully saturated rings. The van der Waals surface area contributed by atoms with Crippen molar-refractivity contribution < 1.29 is 63.0 Å². The van der Waals surface area contributed by atoms with E-state index in [2.05, 4.69) is 5.32 Å². The number of anilines is 1. The SMILES string of the molecule is CC(=O)O[C@@]12CO[C@@H]1C[C@H](O)[C@@]1(C)C(=O)C(=O)C3C(C)[C@@H](OC(=O)[C@H](O)C(NC(=O)CC(C)(C)C)c4ccc(N)cc4)C[C@@](O)([C@@H](OC(=O)c4ccccc4)[C@H]21)C3(C)C. The number of hydrogen-bond acceptors (Lipinski definition) is 14. The Morgan fingerprint density at radius 3 is 2.19 bits per heavy atom. The Morgan fingerprint density at radius 1 is 1.00 bits per heavy atom. The number of carbonyl (C=O) groups excluding carboxylic acids is 6. The minimum atomic E-state index is -2.35. The highest BCUT2D eigenvalue weighted by Gasteiger charge is 2.79. The van der Waals surface area contributed by atoms with Crippen LogP contribution in [-0.4, -0.2) is 99.0 Å². The number of fused-ring (bicyclic) bond motifs is 5. The second-order valence-electron chi connectivity index (χ2n) is 18.8. The maximum Gasteiger partial charge on any atom is 0.338 e. The largest absolute Gasteiger partial charge is 0.460 e. The second-order valence-corrected chi connectivity index (χ2v) is 18.8. The van der Waals surface area contributed by atoms with Crippen molar-refractivity contribution in [1.82, 2.24) is 5.32 Å². The zero-order valence-corrected chi connectivity index (χ0v) is 34.7. The molecular formula is C44H56N2O13. The topological polar surface area (TPSA) is 238 Å². The van der Waals surface area contributed by atoms with Gasteiger partial charge in [-0.1, -0.05) is 71.9 Å². The molecule has 15 nitrogen and oxygen atoms in total. The standard InChI is InChI=1S/C44H56N2O13/c1-22-27(57-39(54)34(51)32(24-14-16-26(45)17-15-24)46-30(49)20-40(3,4)5)19-44(55)37(58-38(53)25-12-10-9-11-13-25)35-42(8,36(52)33(50)31(22)41(44,6)7)28(48)18-29-43(35,21-56-29)59-23(2)47/h9-17,22,27-29,31-32,34-35,37,48,51,55H,18-21,45H2,1-8H3,(H,46,49)/t22?,27-,28-,29+,31?,32?,34+,35-,37-,42+,43-,44+/m0/s1. The molecule has 2 bridgehead atoms. The number of rotatable bonds is 9. The van der Waals surface area contributed by atoms with Gasteiger partial charge in [0.2, 0.25) is 17.5 Å². The number of esters is 3. The molecule has 1 heterocycles. The number of nitrogen functional groups attached to an aromatic ring is 1. The van der Waals surface area contributed by atoms with E-state index >= 15 is 0 Å². The van der Waals surface area contributed by atoms with Crippen molar-refractivity contribution in [3.63, 3.8) is 0 Å². The molecule has 0 radical (unpaired) electrons. The number of carbonyl (C=O) groups is 6. The van der Waals surface area contributed by atoms with Gasteiger partial charge in [-0.05, 0) is 42.2 Å². The summed E-state index contributed by atoms with van der Waals surface area (Å²) in [6.45, 7) is 12.4. The number of aliphatic hydroxyl groups is 3. The lowest BCUT2D eigenvalue weighted by Crippen LogP contribution is -2.82. The molecular weight excluding hydrogens is 764 g/mol. The predicted molar refractivity (Wildman–Crippen MR) is 210 cm³/mol. The molecule has 6 rings (SSSR count). The van der Waals surface area contributed by atoms with E-state index in [-0.39, 0.29) is 25.0 Å². The zero-order chi connectivity index (χ0) is 43.6. The number of Topliss-reactive ketones (excluding diaryl/α,β-unsaturated/α-hetero) is 2. The molecule has 0 aromatic heterocycles. The Labute approximate surface area is 343 Å². The molecule has 3 unspecified atom stereocenters. The van der Waals surface area contributed by atoms with Gasteiger partial charge in [0.25, 0.3) is 0 Å². The number of ether oxygens (including phenoxy) is 4. The number of hydrogen-bond donors (Lipinski definition) is 5. The molecule has 3 aliphatic carbocycles. The summed E-state index contributed by atoms with van der Waals surface area (Å²) in [5, 5.41) is 39.7. The maximum atomic E-state index is 14.9. The van der Waals surface area contributed by atoms with Crippen molar-refractivity contribution >= 4 is 41.1 Å². The van der Waals surface area contributed by atoms with E-state index in [0.717, 1.165) is 6.92 Å². The fourth-order valence-electron chi connectivity index (χ4n) is 10.2. The summed E-state index contributed by atoms with van der Waals surface area (Å²) in [6, 6.07) is 12.7. The van der Waals surface area contributed by atoms with Gasteiger partial charge in [0.1, 0.15) is 23.9 Å². The van der Waals surface area contributed by atoms with E-state index in [1.54, 1.807) is 63.2 Å². The molecule has 15 heteroatoms. The highest BCUT2D eigenvalue weighted by atomic mass is 16.6. The molecule has 12 atom stereocenters. The Kier molecular flexibility index (Phi) is 11.4. The van der Waals surface area contributed by atoms with E-state index in [0.29, 0.717) is 11.3 Å². The summed E-state index contributed by atoms with van der Waals surface area (Å²) in [4.78, 5) is 84.1. The summed E-state index contributed by atoms with van der Waals surface area (Å²) >= 11 is 0. The molecule has 1 saturated heterocycles. The van der Waals surface area contributed by atoms with Crippen molar-refractivity contribution in [2.75, 3.05) is 12.3 Å². The molecule has 1 amide bonds. The first-order chi connectivity index (χ1) is 27.4. The van der Waals surface area contributed by atoms with Gasteiger partial charge in [0, 0.05) is 49.1 Å². The van der Waals surface area contributed by atoms with Gasteiger partial charge in [-0.25, -0.2) is 9.59 Å². The molecule has 6 N–H and O–H groups in total.